The molecule has 2 nitrogen and oxygen atoms in total. The third kappa shape index (κ3) is 3.35. The molecule has 0 bridgehead atoms. The van der Waals surface area contributed by atoms with Crippen LogP contribution in [0.2, 0.25) is 0 Å². The van der Waals surface area contributed by atoms with Gasteiger partial charge in [0.05, 0.1) is 0 Å². The highest BCUT2D eigenvalue weighted by atomic mass is 35.5. The van der Waals surface area contributed by atoms with E-state index >= 15 is 0 Å². The molecule has 0 aromatic carbocycles. The molecule has 2 rings (SSSR count). The third-order valence-electron chi connectivity index (χ3n) is 4.29. The first-order valence-electron chi connectivity index (χ1n) is 6.78. The van der Waals surface area contributed by atoms with Crippen LogP contribution >= 0.6 is 11.6 Å². The Hall–Kier alpha value is 0.210. The van der Waals surface area contributed by atoms with Gasteiger partial charge in [0.2, 0.25) is 0 Å². The van der Waals surface area contributed by atoms with Crippen molar-refractivity contribution in [2.75, 3.05) is 39.1 Å². The van der Waals surface area contributed by atoms with Crippen molar-refractivity contribution in [3.63, 3.8) is 0 Å². The molecule has 3 heteroatoms. The Morgan fingerprint density at radius 3 is 2.75 bits per heavy atom. The molecule has 2 heterocycles. The maximum atomic E-state index is 5.91. The summed E-state index contributed by atoms with van der Waals surface area (Å²) in [7, 11) is 2.29. The number of nitrogens with zero attached hydrogens (tertiary/aromatic N) is 2. The second kappa shape index (κ2) is 6.23. The van der Waals surface area contributed by atoms with Gasteiger partial charge >= 0.3 is 0 Å². The van der Waals surface area contributed by atoms with E-state index in [9.17, 15) is 0 Å². The Morgan fingerprint density at radius 2 is 2.06 bits per heavy atom. The fraction of sp³-hybridized carbons (Fsp3) is 1.00. The third-order valence-corrected chi connectivity index (χ3v) is 4.72. The lowest BCUT2D eigenvalue weighted by atomic mass is 10.00. The summed E-state index contributed by atoms with van der Waals surface area (Å²) < 4.78 is 0. The van der Waals surface area contributed by atoms with Gasteiger partial charge in [0.25, 0.3) is 0 Å². The lowest BCUT2D eigenvalue weighted by Gasteiger charge is -2.33. The monoisotopic (exact) mass is 244 g/mol. The number of hydrogen-bond donors (Lipinski definition) is 0. The van der Waals surface area contributed by atoms with Gasteiger partial charge in [-0.3, -0.25) is 0 Å². The quantitative estimate of drug-likeness (QED) is 0.701. The van der Waals surface area contributed by atoms with E-state index in [1.165, 1.54) is 58.3 Å². The second-order valence-corrected chi connectivity index (χ2v) is 5.84. The fourth-order valence-corrected chi connectivity index (χ4v) is 3.33. The molecule has 2 aliphatic heterocycles. The van der Waals surface area contributed by atoms with Crippen molar-refractivity contribution in [1.29, 1.82) is 0 Å². The lowest BCUT2D eigenvalue weighted by molar-refractivity contribution is 0.159. The van der Waals surface area contributed by atoms with E-state index in [0.717, 1.165) is 17.8 Å². The zero-order valence-electron chi connectivity index (χ0n) is 10.5. The van der Waals surface area contributed by atoms with Gasteiger partial charge in [0, 0.05) is 18.5 Å². The zero-order valence-corrected chi connectivity index (χ0v) is 11.3. The van der Waals surface area contributed by atoms with Crippen molar-refractivity contribution in [2.45, 2.75) is 38.1 Å². The number of likely N-dealkylation sites (tertiary alicyclic amines) is 2. The van der Waals surface area contributed by atoms with Crippen LogP contribution in [0.1, 0.15) is 32.1 Å². The van der Waals surface area contributed by atoms with Crippen LogP contribution in [-0.2, 0) is 0 Å². The molecule has 0 aromatic heterocycles. The smallest absolute Gasteiger partial charge is 0.0264 e. The van der Waals surface area contributed by atoms with Crippen LogP contribution < -0.4 is 0 Å². The van der Waals surface area contributed by atoms with Crippen LogP contribution in [0, 0.1) is 5.92 Å². The van der Waals surface area contributed by atoms with Crippen molar-refractivity contribution in [3.05, 3.63) is 0 Å². The van der Waals surface area contributed by atoms with Crippen LogP contribution in [0.5, 0.6) is 0 Å². The molecular weight excluding hydrogens is 220 g/mol. The van der Waals surface area contributed by atoms with Crippen molar-refractivity contribution in [3.8, 4) is 0 Å². The van der Waals surface area contributed by atoms with E-state index in [4.69, 9.17) is 11.6 Å². The van der Waals surface area contributed by atoms with Crippen molar-refractivity contribution >= 4 is 11.6 Å². The summed E-state index contributed by atoms with van der Waals surface area (Å²) in [5.41, 5.74) is 0. The Labute approximate surface area is 105 Å². The van der Waals surface area contributed by atoms with Crippen LogP contribution in [-0.4, -0.2) is 54.9 Å². The Kier molecular flexibility index (Phi) is 4.93. The Morgan fingerprint density at radius 1 is 1.19 bits per heavy atom. The zero-order chi connectivity index (χ0) is 11.4. The molecule has 16 heavy (non-hydrogen) atoms. The lowest BCUT2D eigenvalue weighted by Crippen LogP contribution is -2.38. The van der Waals surface area contributed by atoms with Crippen molar-refractivity contribution in [1.82, 2.24) is 9.80 Å². The molecule has 2 unspecified atom stereocenters. The number of rotatable bonds is 4. The summed E-state index contributed by atoms with van der Waals surface area (Å²) in [5.74, 6) is 1.60. The molecule has 0 aromatic rings. The van der Waals surface area contributed by atoms with Crippen LogP contribution in [0.15, 0.2) is 0 Å². The highest BCUT2D eigenvalue weighted by molar-refractivity contribution is 6.18. The van der Waals surface area contributed by atoms with Gasteiger partial charge in [-0.1, -0.05) is 6.42 Å². The molecule has 0 saturated carbocycles. The average Bonchev–Trinajstić information content (AvgIpc) is 2.76. The van der Waals surface area contributed by atoms with E-state index in [0.29, 0.717) is 0 Å². The van der Waals surface area contributed by atoms with E-state index in [1.54, 1.807) is 0 Å². The van der Waals surface area contributed by atoms with Crippen molar-refractivity contribution < 1.29 is 0 Å². The number of alkyl halides is 1. The first kappa shape index (κ1) is 12.7. The minimum Gasteiger partial charge on any atom is -0.303 e. The summed E-state index contributed by atoms with van der Waals surface area (Å²) in [5, 5.41) is 0. The number of halogens is 1. The average molecular weight is 245 g/mol. The molecule has 0 radical (unpaired) electrons. The van der Waals surface area contributed by atoms with Crippen LogP contribution in [0.4, 0.5) is 0 Å². The van der Waals surface area contributed by atoms with Gasteiger partial charge in [-0.15, -0.1) is 11.6 Å². The van der Waals surface area contributed by atoms with Crippen LogP contribution in [0.25, 0.3) is 0 Å². The van der Waals surface area contributed by atoms with E-state index < -0.39 is 0 Å². The predicted molar refractivity (Wildman–Crippen MR) is 70.2 cm³/mol. The van der Waals surface area contributed by atoms with E-state index in [2.05, 4.69) is 16.8 Å². The summed E-state index contributed by atoms with van der Waals surface area (Å²) in [6.45, 7) is 5.09. The van der Waals surface area contributed by atoms with E-state index in [-0.39, 0.29) is 0 Å². The molecule has 94 valence electrons. The molecule has 2 aliphatic rings. The minimum atomic E-state index is 0.755. The van der Waals surface area contributed by atoms with Gasteiger partial charge in [-0.2, -0.15) is 0 Å². The van der Waals surface area contributed by atoms with Gasteiger partial charge in [0.15, 0.2) is 0 Å². The first-order valence-corrected chi connectivity index (χ1v) is 7.31. The maximum Gasteiger partial charge on any atom is 0.0264 e. The molecule has 0 spiro atoms. The molecule has 0 amide bonds. The predicted octanol–water partition coefficient (Wildman–Crippen LogP) is 2.42. The van der Waals surface area contributed by atoms with Gasteiger partial charge in [0.1, 0.15) is 0 Å². The SMILES string of the molecule is CN1CCCCC1CCN1CCC(CCl)C1. The molecule has 0 aliphatic carbocycles. The first-order chi connectivity index (χ1) is 7.79. The van der Waals surface area contributed by atoms with Crippen LogP contribution in [0.3, 0.4) is 0 Å². The maximum absolute atomic E-state index is 5.91. The summed E-state index contributed by atoms with van der Waals surface area (Å²) in [6, 6.07) is 0.837. The minimum absolute atomic E-state index is 0.755. The van der Waals surface area contributed by atoms with Gasteiger partial charge < -0.3 is 9.80 Å². The topological polar surface area (TPSA) is 6.48 Å². The largest absolute Gasteiger partial charge is 0.303 e. The van der Waals surface area contributed by atoms with Gasteiger partial charge in [-0.05, 0) is 58.3 Å². The summed E-state index contributed by atoms with van der Waals surface area (Å²) >= 11 is 5.91. The highest BCUT2D eigenvalue weighted by Crippen LogP contribution is 2.21. The Bertz CT molecular complexity index is 210. The molecule has 2 saturated heterocycles. The number of hydrogen-bond acceptors (Lipinski definition) is 2. The molecular formula is C13H25ClN2. The normalized spacial score (nSPS) is 33.4. The second-order valence-electron chi connectivity index (χ2n) is 5.53. The Balaban J connectivity index is 1.67. The number of piperidine rings is 1. The van der Waals surface area contributed by atoms with E-state index in [1.807, 2.05) is 0 Å². The molecule has 2 atom stereocenters. The fourth-order valence-electron chi connectivity index (χ4n) is 3.08. The summed E-state index contributed by atoms with van der Waals surface area (Å²) in [6.07, 6.45) is 6.89. The van der Waals surface area contributed by atoms with Crippen molar-refractivity contribution in [2.24, 2.45) is 5.92 Å². The molecule has 0 N–H and O–H groups in total. The highest BCUT2D eigenvalue weighted by Gasteiger charge is 2.24. The molecule has 2 fully saturated rings. The van der Waals surface area contributed by atoms with Gasteiger partial charge in [-0.25, -0.2) is 0 Å². The summed E-state index contributed by atoms with van der Waals surface area (Å²) in [4.78, 5) is 5.16. The standard InChI is InChI=1S/C13H25ClN2/c1-15-7-3-2-4-13(15)6-9-16-8-5-12(10-14)11-16/h12-13H,2-11H2,1H3.